The summed E-state index contributed by atoms with van der Waals surface area (Å²) in [6, 6.07) is 3.73. The average Bonchev–Trinajstić information content (AvgIpc) is 2.59. The van der Waals surface area contributed by atoms with Crippen molar-refractivity contribution < 1.29 is 14.7 Å². The zero-order chi connectivity index (χ0) is 19.1. The minimum absolute atomic E-state index is 0.00394. The van der Waals surface area contributed by atoms with Gasteiger partial charge in [0.05, 0.1) is 11.6 Å². The van der Waals surface area contributed by atoms with Gasteiger partial charge in [0.1, 0.15) is 5.69 Å². The van der Waals surface area contributed by atoms with Crippen LogP contribution in [0.3, 0.4) is 0 Å². The molecule has 1 spiro atoms. The Kier molecular flexibility index (Phi) is 4.82. The Bertz CT molecular complexity index is 708. The van der Waals surface area contributed by atoms with E-state index in [-0.39, 0.29) is 17.2 Å². The number of aromatic nitrogens is 1. The molecule has 1 aromatic heterocycles. The minimum atomic E-state index is -0.555. The van der Waals surface area contributed by atoms with Gasteiger partial charge in [0.2, 0.25) is 5.91 Å². The van der Waals surface area contributed by atoms with Gasteiger partial charge in [0.15, 0.2) is 0 Å². The van der Waals surface area contributed by atoms with E-state index in [9.17, 15) is 14.7 Å². The molecular weight excluding hydrogens is 330 g/mol. The highest BCUT2D eigenvalue weighted by Gasteiger charge is 2.50. The van der Waals surface area contributed by atoms with E-state index in [1.54, 1.807) is 13.1 Å². The predicted octanol–water partition coefficient (Wildman–Crippen LogP) is 2.00. The Morgan fingerprint density at radius 1 is 1.27 bits per heavy atom. The normalized spacial score (nSPS) is 24.6. The first kappa shape index (κ1) is 18.8. The summed E-state index contributed by atoms with van der Waals surface area (Å²) in [6.45, 7) is 9.23. The van der Waals surface area contributed by atoms with Crippen molar-refractivity contribution >= 4 is 11.8 Å². The largest absolute Gasteiger partial charge is 0.391 e. The Balaban J connectivity index is 1.72. The highest BCUT2D eigenvalue weighted by molar-refractivity contribution is 5.93. The van der Waals surface area contributed by atoms with Crippen LogP contribution in [0.2, 0.25) is 0 Å². The van der Waals surface area contributed by atoms with Crippen LogP contribution >= 0.6 is 0 Å². The third-order valence-corrected chi connectivity index (χ3v) is 6.33. The van der Waals surface area contributed by atoms with E-state index in [1.165, 1.54) is 0 Å². The van der Waals surface area contributed by atoms with Crippen LogP contribution in [0, 0.1) is 12.3 Å². The molecule has 0 aliphatic carbocycles. The number of hydrogen-bond donors (Lipinski definition) is 1. The number of amides is 2. The van der Waals surface area contributed by atoms with Gasteiger partial charge in [-0.1, -0.05) is 6.07 Å². The number of aryl methyl sites for hydroxylation is 1. The number of aliphatic hydroxyl groups is 1. The number of nitrogens with zero attached hydrogens (tertiary/aromatic N) is 3. The monoisotopic (exact) mass is 359 g/mol. The molecule has 2 saturated heterocycles. The molecule has 1 N–H and O–H groups in total. The Labute approximate surface area is 155 Å². The molecule has 0 saturated carbocycles. The summed E-state index contributed by atoms with van der Waals surface area (Å²) >= 11 is 0. The second kappa shape index (κ2) is 6.65. The van der Waals surface area contributed by atoms with Crippen LogP contribution in [0.4, 0.5) is 0 Å². The van der Waals surface area contributed by atoms with Gasteiger partial charge in [-0.25, -0.2) is 0 Å². The van der Waals surface area contributed by atoms with Crippen molar-refractivity contribution in [2.75, 3.05) is 19.6 Å². The number of rotatable bonds is 1. The lowest BCUT2D eigenvalue weighted by atomic mass is 9.67. The summed E-state index contributed by atoms with van der Waals surface area (Å²) in [7, 11) is 0. The predicted molar refractivity (Wildman–Crippen MR) is 98.6 cm³/mol. The zero-order valence-corrected chi connectivity index (χ0v) is 16.2. The molecule has 0 bridgehead atoms. The maximum absolute atomic E-state index is 12.8. The van der Waals surface area contributed by atoms with Crippen molar-refractivity contribution in [2.24, 2.45) is 5.41 Å². The summed E-state index contributed by atoms with van der Waals surface area (Å²) in [5, 5.41) is 10.7. The number of pyridine rings is 1. The van der Waals surface area contributed by atoms with Crippen LogP contribution in [-0.2, 0) is 4.79 Å². The topological polar surface area (TPSA) is 73.7 Å². The summed E-state index contributed by atoms with van der Waals surface area (Å²) in [5.41, 5.74) is 0.736. The standard InChI is InChI=1S/C20H29N3O3/c1-14-6-5-9-21-17(14)18(26)22-10-7-20(8-11-22)12-16(25)19(3,4)23(13-20)15(2)24/h5-6,9,16,25H,7-8,10-13H2,1-4H3/t16-/m0/s1. The van der Waals surface area contributed by atoms with E-state index in [2.05, 4.69) is 4.98 Å². The molecule has 142 valence electrons. The molecular formula is C20H29N3O3. The van der Waals surface area contributed by atoms with Crippen LogP contribution in [0.15, 0.2) is 18.3 Å². The highest BCUT2D eigenvalue weighted by Crippen LogP contribution is 2.45. The van der Waals surface area contributed by atoms with E-state index in [4.69, 9.17) is 0 Å². The Morgan fingerprint density at radius 3 is 2.50 bits per heavy atom. The number of aliphatic hydroxyl groups excluding tert-OH is 1. The smallest absolute Gasteiger partial charge is 0.272 e. The lowest BCUT2D eigenvalue weighted by molar-refractivity contribution is -0.156. The van der Waals surface area contributed by atoms with E-state index in [1.807, 2.05) is 42.7 Å². The lowest BCUT2D eigenvalue weighted by Crippen LogP contribution is -2.64. The van der Waals surface area contributed by atoms with E-state index >= 15 is 0 Å². The molecule has 3 heterocycles. The van der Waals surface area contributed by atoms with Gasteiger partial charge >= 0.3 is 0 Å². The average molecular weight is 359 g/mol. The third kappa shape index (κ3) is 3.22. The molecule has 6 nitrogen and oxygen atoms in total. The van der Waals surface area contributed by atoms with Crippen LogP contribution in [0.25, 0.3) is 0 Å². The fourth-order valence-electron chi connectivity index (χ4n) is 4.37. The molecule has 3 rings (SSSR count). The third-order valence-electron chi connectivity index (χ3n) is 6.33. The number of likely N-dealkylation sites (tertiary alicyclic amines) is 2. The number of carbonyl (C=O) groups is 2. The summed E-state index contributed by atoms with van der Waals surface area (Å²) < 4.78 is 0. The van der Waals surface area contributed by atoms with E-state index < -0.39 is 11.6 Å². The lowest BCUT2D eigenvalue weighted by Gasteiger charge is -2.55. The molecule has 2 aliphatic heterocycles. The second-order valence-corrected chi connectivity index (χ2v) is 8.44. The van der Waals surface area contributed by atoms with Crippen LogP contribution < -0.4 is 0 Å². The summed E-state index contributed by atoms with van der Waals surface area (Å²) in [5.74, 6) is -0.0335. The van der Waals surface area contributed by atoms with Crippen LogP contribution in [-0.4, -0.2) is 63.0 Å². The van der Waals surface area contributed by atoms with E-state index in [0.717, 1.165) is 18.4 Å². The van der Waals surface area contributed by atoms with Crippen molar-refractivity contribution in [3.8, 4) is 0 Å². The maximum Gasteiger partial charge on any atom is 0.272 e. The van der Waals surface area contributed by atoms with Crippen molar-refractivity contribution in [1.82, 2.24) is 14.8 Å². The van der Waals surface area contributed by atoms with Gasteiger partial charge in [0.25, 0.3) is 5.91 Å². The van der Waals surface area contributed by atoms with Crippen molar-refractivity contribution in [3.05, 3.63) is 29.6 Å². The number of carbonyl (C=O) groups excluding carboxylic acids is 2. The Hall–Kier alpha value is -1.95. The fourth-order valence-corrected chi connectivity index (χ4v) is 4.37. The molecule has 2 amide bonds. The number of piperidine rings is 2. The van der Waals surface area contributed by atoms with Crippen molar-refractivity contribution in [3.63, 3.8) is 0 Å². The molecule has 2 fully saturated rings. The van der Waals surface area contributed by atoms with E-state index in [0.29, 0.717) is 31.7 Å². The molecule has 1 aromatic rings. The first-order valence-electron chi connectivity index (χ1n) is 9.33. The molecule has 1 atom stereocenters. The number of hydrogen-bond acceptors (Lipinski definition) is 4. The fraction of sp³-hybridized carbons (Fsp3) is 0.650. The quantitative estimate of drug-likeness (QED) is 0.832. The molecule has 0 unspecified atom stereocenters. The second-order valence-electron chi connectivity index (χ2n) is 8.44. The first-order chi connectivity index (χ1) is 12.2. The summed E-state index contributed by atoms with van der Waals surface area (Å²) in [4.78, 5) is 32.8. The van der Waals surface area contributed by atoms with Gasteiger partial charge in [-0.15, -0.1) is 0 Å². The van der Waals surface area contributed by atoms with Crippen LogP contribution in [0.1, 0.15) is 56.1 Å². The molecule has 0 radical (unpaired) electrons. The highest BCUT2D eigenvalue weighted by atomic mass is 16.3. The van der Waals surface area contributed by atoms with Gasteiger partial charge in [0, 0.05) is 32.8 Å². The molecule has 0 aromatic carbocycles. The summed E-state index contributed by atoms with van der Waals surface area (Å²) in [6.07, 6.45) is 3.36. The SMILES string of the molecule is CC(=O)N1CC2(CCN(C(=O)c3ncccc3C)CC2)C[C@H](O)C1(C)C. The Morgan fingerprint density at radius 2 is 1.92 bits per heavy atom. The van der Waals surface area contributed by atoms with Gasteiger partial charge < -0.3 is 14.9 Å². The maximum atomic E-state index is 12.8. The molecule has 2 aliphatic rings. The molecule has 6 heteroatoms. The zero-order valence-electron chi connectivity index (χ0n) is 16.2. The van der Waals surface area contributed by atoms with Crippen LogP contribution in [0.5, 0.6) is 0 Å². The van der Waals surface area contributed by atoms with Crippen molar-refractivity contribution in [2.45, 2.75) is 58.6 Å². The van der Waals surface area contributed by atoms with Crippen molar-refractivity contribution in [1.29, 1.82) is 0 Å². The van der Waals surface area contributed by atoms with Gasteiger partial charge in [-0.3, -0.25) is 14.6 Å². The first-order valence-corrected chi connectivity index (χ1v) is 9.33. The van der Waals surface area contributed by atoms with Gasteiger partial charge in [-0.2, -0.15) is 0 Å². The van der Waals surface area contributed by atoms with Gasteiger partial charge in [-0.05, 0) is 57.1 Å². The molecule has 26 heavy (non-hydrogen) atoms. The minimum Gasteiger partial charge on any atom is -0.391 e.